The number of hydrogen-bond acceptors (Lipinski definition) is 1. The van der Waals surface area contributed by atoms with Crippen LogP contribution in [0.15, 0.2) is 53.5 Å². The van der Waals surface area contributed by atoms with Gasteiger partial charge in [0.25, 0.3) is 0 Å². The van der Waals surface area contributed by atoms with E-state index in [9.17, 15) is 4.39 Å². The number of hydrogen-bond donors (Lipinski definition) is 0. The molecular weight excluding hydrogens is 201 g/mol. The maximum Gasteiger partial charge on any atom is 0.123 e. The first-order valence-electron chi connectivity index (χ1n) is 5.10. The molecule has 0 aliphatic heterocycles. The van der Waals surface area contributed by atoms with E-state index in [0.717, 1.165) is 16.8 Å². The van der Waals surface area contributed by atoms with Crippen molar-refractivity contribution in [3.8, 4) is 0 Å². The minimum Gasteiger partial charge on any atom is -0.256 e. The molecule has 2 aromatic carbocycles. The van der Waals surface area contributed by atoms with Gasteiger partial charge in [0.2, 0.25) is 0 Å². The fourth-order valence-electron chi connectivity index (χ4n) is 1.44. The Morgan fingerprint density at radius 1 is 1.06 bits per heavy atom. The summed E-state index contributed by atoms with van der Waals surface area (Å²) in [7, 11) is 0. The Hall–Kier alpha value is -1.96. The molecule has 0 spiro atoms. The monoisotopic (exact) mass is 213 g/mol. The van der Waals surface area contributed by atoms with Gasteiger partial charge >= 0.3 is 0 Å². The molecular formula is C14H12FN. The van der Waals surface area contributed by atoms with E-state index in [0.29, 0.717) is 0 Å². The quantitative estimate of drug-likeness (QED) is 0.671. The van der Waals surface area contributed by atoms with Crippen LogP contribution in [0.1, 0.15) is 11.1 Å². The van der Waals surface area contributed by atoms with Crippen LogP contribution in [0.2, 0.25) is 0 Å². The highest BCUT2D eigenvalue weighted by Crippen LogP contribution is 2.13. The summed E-state index contributed by atoms with van der Waals surface area (Å²) in [5, 5.41) is 0. The smallest absolute Gasteiger partial charge is 0.123 e. The standard InChI is InChI=1S/C14H12FN/c1-11-4-2-7-14(8-11)16-10-12-5-3-6-13(15)9-12/h2-10H,1H3. The number of halogens is 1. The minimum atomic E-state index is -0.242. The van der Waals surface area contributed by atoms with Gasteiger partial charge in [-0.1, -0.05) is 24.3 Å². The lowest BCUT2D eigenvalue weighted by molar-refractivity contribution is 0.627. The summed E-state index contributed by atoms with van der Waals surface area (Å²) >= 11 is 0. The van der Waals surface area contributed by atoms with E-state index in [2.05, 4.69) is 4.99 Å². The lowest BCUT2D eigenvalue weighted by Crippen LogP contribution is -1.82. The van der Waals surface area contributed by atoms with Gasteiger partial charge in [-0.05, 0) is 42.3 Å². The fourth-order valence-corrected chi connectivity index (χ4v) is 1.44. The molecule has 0 saturated heterocycles. The Bertz CT molecular complexity index is 470. The zero-order chi connectivity index (χ0) is 11.4. The van der Waals surface area contributed by atoms with Gasteiger partial charge in [-0.3, -0.25) is 4.99 Å². The van der Waals surface area contributed by atoms with Crippen molar-refractivity contribution in [3.05, 3.63) is 65.5 Å². The first-order valence-corrected chi connectivity index (χ1v) is 5.10. The molecule has 0 saturated carbocycles. The van der Waals surface area contributed by atoms with Crippen molar-refractivity contribution in [2.24, 2.45) is 4.99 Å². The predicted molar refractivity (Wildman–Crippen MR) is 64.8 cm³/mol. The SMILES string of the molecule is Cc1cccc(N=Cc2cccc(F)c2)c1. The van der Waals surface area contributed by atoms with Crippen LogP contribution in [0.25, 0.3) is 0 Å². The van der Waals surface area contributed by atoms with Crippen LogP contribution in [0.5, 0.6) is 0 Å². The highest BCUT2D eigenvalue weighted by molar-refractivity contribution is 5.81. The lowest BCUT2D eigenvalue weighted by atomic mass is 10.2. The van der Waals surface area contributed by atoms with Crippen LogP contribution in [0.4, 0.5) is 10.1 Å². The molecule has 0 aliphatic carbocycles. The van der Waals surface area contributed by atoms with Crippen LogP contribution in [0.3, 0.4) is 0 Å². The van der Waals surface area contributed by atoms with Crippen molar-refractivity contribution in [2.75, 3.05) is 0 Å². The molecule has 0 aliphatic rings. The van der Waals surface area contributed by atoms with Crippen molar-refractivity contribution in [1.29, 1.82) is 0 Å². The van der Waals surface area contributed by atoms with E-state index in [4.69, 9.17) is 0 Å². The molecule has 1 nitrogen and oxygen atoms in total. The summed E-state index contributed by atoms with van der Waals surface area (Å²) in [6, 6.07) is 14.2. The van der Waals surface area contributed by atoms with E-state index in [1.165, 1.54) is 12.1 Å². The molecule has 2 aromatic rings. The maximum atomic E-state index is 12.9. The van der Waals surface area contributed by atoms with Crippen LogP contribution < -0.4 is 0 Å². The van der Waals surface area contributed by atoms with E-state index < -0.39 is 0 Å². The van der Waals surface area contributed by atoms with Gasteiger partial charge in [0.15, 0.2) is 0 Å². The third kappa shape index (κ3) is 2.76. The number of rotatable bonds is 2. The Labute approximate surface area is 94.3 Å². The summed E-state index contributed by atoms with van der Waals surface area (Å²) in [6.45, 7) is 2.02. The van der Waals surface area contributed by atoms with Crippen LogP contribution in [0, 0.1) is 12.7 Å². The summed E-state index contributed by atoms with van der Waals surface area (Å²) in [5.41, 5.74) is 2.81. The number of benzene rings is 2. The molecule has 0 fully saturated rings. The molecule has 0 N–H and O–H groups in total. The fraction of sp³-hybridized carbons (Fsp3) is 0.0714. The van der Waals surface area contributed by atoms with Gasteiger partial charge in [-0.2, -0.15) is 0 Å². The molecule has 0 aromatic heterocycles. The molecule has 0 atom stereocenters. The van der Waals surface area contributed by atoms with Crippen LogP contribution in [-0.4, -0.2) is 6.21 Å². The lowest BCUT2D eigenvalue weighted by Gasteiger charge is -1.96. The van der Waals surface area contributed by atoms with E-state index in [-0.39, 0.29) is 5.82 Å². The molecule has 2 heteroatoms. The Balaban J connectivity index is 2.21. The third-order valence-electron chi connectivity index (χ3n) is 2.21. The second-order valence-corrected chi connectivity index (χ2v) is 3.65. The third-order valence-corrected chi connectivity index (χ3v) is 2.21. The summed E-state index contributed by atoms with van der Waals surface area (Å²) in [5.74, 6) is -0.242. The zero-order valence-corrected chi connectivity index (χ0v) is 9.02. The first-order chi connectivity index (χ1) is 7.74. The van der Waals surface area contributed by atoms with Crippen LogP contribution >= 0.6 is 0 Å². The molecule has 2 rings (SSSR count). The van der Waals surface area contributed by atoms with E-state index in [1.54, 1.807) is 12.3 Å². The van der Waals surface area contributed by atoms with Crippen molar-refractivity contribution in [1.82, 2.24) is 0 Å². The van der Waals surface area contributed by atoms with Crippen molar-refractivity contribution < 1.29 is 4.39 Å². The van der Waals surface area contributed by atoms with Crippen LogP contribution in [-0.2, 0) is 0 Å². The minimum absolute atomic E-state index is 0.242. The topological polar surface area (TPSA) is 12.4 Å². The van der Waals surface area contributed by atoms with Gasteiger partial charge < -0.3 is 0 Å². The van der Waals surface area contributed by atoms with Gasteiger partial charge in [0.1, 0.15) is 5.82 Å². The Kier molecular flexibility index (Phi) is 3.10. The predicted octanol–water partition coefficient (Wildman–Crippen LogP) is 3.88. The van der Waals surface area contributed by atoms with E-state index in [1.807, 2.05) is 37.3 Å². The normalized spacial score (nSPS) is 10.9. The van der Waals surface area contributed by atoms with Gasteiger partial charge in [-0.25, -0.2) is 4.39 Å². The number of aryl methyl sites for hydroxylation is 1. The van der Waals surface area contributed by atoms with Crippen molar-refractivity contribution in [3.63, 3.8) is 0 Å². The average Bonchev–Trinajstić information content (AvgIpc) is 2.27. The van der Waals surface area contributed by atoms with Crippen molar-refractivity contribution >= 4 is 11.9 Å². The largest absolute Gasteiger partial charge is 0.256 e. The molecule has 0 heterocycles. The molecule has 16 heavy (non-hydrogen) atoms. The van der Waals surface area contributed by atoms with E-state index >= 15 is 0 Å². The highest BCUT2D eigenvalue weighted by Gasteiger charge is 1.92. The molecule has 80 valence electrons. The molecule has 0 amide bonds. The second kappa shape index (κ2) is 4.71. The van der Waals surface area contributed by atoms with Gasteiger partial charge in [0.05, 0.1) is 5.69 Å². The Morgan fingerprint density at radius 3 is 2.62 bits per heavy atom. The van der Waals surface area contributed by atoms with Gasteiger partial charge in [-0.15, -0.1) is 0 Å². The van der Waals surface area contributed by atoms with Gasteiger partial charge in [0, 0.05) is 6.21 Å². The molecule has 0 unspecified atom stereocenters. The number of aliphatic imine (C=N–C) groups is 1. The summed E-state index contributed by atoms with van der Waals surface area (Å²) in [6.07, 6.45) is 1.66. The Morgan fingerprint density at radius 2 is 1.88 bits per heavy atom. The number of nitrogens with zero attached hydrogens (tertiary/aromatic N) is 1. The summed E-state index contributed by atoms with van der Waals surface area (Å²) in [4.78, 5) is 4.29. The first kappa shape index (κ1) is 10.6. The molecule has 0 radical (unpaired) electrons. The second-order valence-electron chi connectivity index (χ2n) is 3.65. The zero-order valence-electron chi connectivity index (χ0n) is 9.02. The summed E-state index contributed by atoms with van der Waals surface area (Å²) < 4.78 is 12.9. The molecule has 0 bridgehead atoms. The van der Waals surface area contributed by atoms with Crippen molar-refractivity contribution in [2.45, 2.75) is 6.92 Å². The average molecular weight is 213 g/mol. The maximum absolute atomic E-state index is 12.9. The highest BCUT2D eigenvalue weighted by atomic mass is 19.1.